The van der Waals surface area contributed by atoms with Crippen LogP contribution in [0, 0.1) is 10.1 Å². The SMILES string of the molecule is COc1ccc(/C=C2/SC(=O)N(Cc3cccc([N+](=O)[O-])c3)C2=O)cc1Br. The van der Waals surface area contributed by atoms with Gasteiger partial charge in [0.15, 0.2) is 0 Å². The summed E-state index contributed by atoms with van der Waals surface area (Å²) in [6, 6.07) is 11.2. The van der Waals surface area contributed by atoms with Crippen LogP contribution in [0.1, 0.15) is 11.1 Å². The van der Waals surface area contributed by atoms with E-state index in [1.165, 1.54) is 18.2 Å². The fourth-order valence-corrected chi connectivity index (χ4v) is 3.91. The summed E-state index contributed by atoms with van der Waals surface area (Å²) in [6.45, 7) is -0.0179. The zero-order chi connectivity index (χ0) is 19.6. The lowest BCUT2D eigenvalue weighted by molar-refractivity contribution is -0.384. The summed E-state index contributed by atoms with van der Waals surface area (Å²) >= 11 is 4.22. The maximum atomic E-state index is 12.6. The van der Waals surface area contributed by atoms with E-state index in [4.69, 9.17) is 4.74 Å². The highest BCUT2D eigenvalue weighted by Crippen LogP contribution is 2.34. The average molecular weight is 449 g/mol. The van der Waals surface area contributed by atoms with Crippen molar-refractivity contribution in [3.8, 4) is 5.75 Å². The number of nitro groups is 1. The Kier molecular flexibility index (Phi) is 5.62. The van der Waals surface area contributed by atoms with Crippen LogP contribution in [0.4, 0.5) is 10.5 Å². The number of thioether (sulfide) groups is 1. The lowest BCUT2D eigenvalue weighted by Crippen LogP contribution is -2.27. The number of rotatable bonds is 5. The second kappa shape index (κ2) is 7.93. The zero-order valence-electron chi connectivity index (χ0n) is 14.0. The molecular formula is C18H13BrN2O5S. The minimum absolute atomic E-state index is 0.0179. The first-order chi connectivity index (χ1) is 12.9. The van der Waals surface area contributed by atoms with Crippen LogP contribution in [0.2, 0.25) is 0 Å². The molecule has 1 aliphatic heterocycles. The van der Waals surface area contributed by atoms with E-state index in [1.54, 1.807) is 37.5 Å². The van der Waals surface area contributed by atoms with Gasteiger partial charge < -0.3 is 4.74 Å². The molecule has 0 atom stereocenters. The second-order valence-corrected chi connectivity index (χ2v) is 7.44. The van der Waals surface area contributed by atoms with Gasteiger partial charge in [0, 0.05) is 12.1 Å². The van der Waals surface area contributed by atoms with Crippen molar-refractivity contribution in [3.63, 3.8) is 0 Å². The molecule has 2 aromatic carbocycles. The van der Waals surface area contributed by atoms with Crippen molar-refractivity contribution in [2.75, 3.05) is 7.11 Å². The molecule has 0 spiro atoms. The monoisotopic (exact) mass is 448 g/mol. The van der Waals surface area contributed by atoms with Crippen LogP contribution in [0.3, 0.4) is 0 Å². The fraction of sp³-hybridized carbons (Fsp3) is 0.111. The number of nitro benzene ring substituents is 1. The molecule has 3 rings (SSSR count). The third-order valence-electron chi connectivity index (χ3n) is 3.81. The molecule has 7 nitrogen and oxygen atoms in total. The first-order valence-corrected chi connectivity index (χ1v) is 9.32. The summed E-state index contributed by atoms with van der Waals surface area (Å²) in [4.78, 5) is 36.6. The standard InChI is InChI=1S/C18H13BrN2O5S/c1-26-15-6-5-11(8-14(15)19)9-16-17(22)20(18(23)27-16)10-12-3-2-4-13(7-12)21(24)25/h2-9H,10H2,1H3/b16-9+. The van der Waals surface area contributed by atoms with E-state index in [0.717, 1.165) is 26.7 Å². The van der Waals surface area contributed by atoms with E-state index >= 15 is 0 Å². The topological polar surface area (TPSA) is 89.8 Å². The van der Waals surface area contributed by atoms with E-state index in [2.05, 4.69) is 15.9 Å². The minimum Gasteiger partial charge on any atom is -0.496 e. The van der Waals surface area contributed by atoms with Crippen LogP contribution >= 0.6 is 27.7 Å². The summed E-state index contributed by atoms with van der Waals surface area (Å²) in [7, 11) is 1.55. The summed E-state index contributed by atoms with van der Waals surface area (Å²) in [5.74, 6) is 0.231. The quantitative estimate of drug-likeness (QED) is 0.377. The Morgan fingerprint density at radius 3 is 2.70 bits per heavy atom. The summed E-state index contributed by atoms with van der Waals surface area (Å²) < 4.78 is 5.90. The van der Waals surface area contributed by atoms with Crippen molar-refractivity contribution in [2.24, 2.45) is 0 Å². The van der Waals surface area contributed by atoms with Gasteiger partial charge in [-0.3, -0.25) is 24.6 Å². The lowest BCUT2D eigenvalue weighted by Gasteiger charge is -2.12. The Morgan fingerprint density at radius 2 is 2.04 bits per heavy atom. The molecule has 9 heteroatoms. The number of halogens is 1. The van der Waals surface area contributed by atoms with E-state index in [1.807, 2.05) is 0 Å². The van der Waals surface area contributed by atoms with Gasteiger partial charge in [0.1, 0.15) is 5.75 Å². The van der Waals surface area contributed by atoms with Gasteiger partial charge in [-0.2, -0.15) is 0 Å². The van der Waals surface area contributed by atoms with Crippen LogP contribution in [-0.4, -0.2) is 28.1 Å². The van der Waals surface area contributed by atoms with Gasteiger partial charge in [-0.05, 0) is 57.0 Å². The number of hydrogen-bond acceptors (Lipinski definition) is 6. The molecule has 27 heavy (non-hydrogen) atoms. The molecule has 1 saturated heterocycles. The highest BCUT2D eigenvalue weighted by atomic mass is 79.9. The van der Waals surface area contributed by atoms with Gasteiger partial charge in [-0.1, -0.05) is 18.2 Å². The maximum absolute atomic E-state index is 12.6. The third kappa shape index (κ3) is 4.20. The van der Waals surface area contributed by atoms with Crippen molar-refractivity contribution in [1.29, 1.82) is 0 Å². The number of carbonyl (C=O) groups is 2. The smallest absolute Gasteiger partial charge is 0.293 e. The molecule has 0 bridgehead atoms. The van der Waals surface area contributed by atoms with E-state index < -0.39 is 16.1 Å². The molecule has 1 fully saturated rings. The summed E-state index contributed by atoms with van der Waals surface area (Å²) in [5, 5.41) is 10.5. The van der Waals surface area contributed by atoms with Gasteiger partial charge >= 0.3 is 0 Å². The number of hydrogen-bond donors (Lipinski definition) is 0. The number of nitrogens with zero attached hydrogens (tertiary/aromatic N) is 2. The highest BCUT2D eigenvalue weighted by molar-refractivity contribution is 9.10. The molecule has 0 unspecified atom stereocenters. The molecule has 1 heterocycles. The molecule has 0 N–H and O–H groups in total. The van der Waals surface area contributed by atoms with Gasteiger partial charge in [0.2, 0.25) is 0 Å². The summed E-state index contributed by atoms with van der Waals surface area (Å²) in [5.41, 5.74) is 1.17. The van der Waals surface area contributed by atoms with Crippen LogP contribution in [0.25, 0.3) is 6.08 Å². The number of carbonyl (C=O) groups excluding carboxylic acids is 2. The van der Waals surface area contributed by atoms with Crippen LogP contribution < -0.4 is 4.74 Å². The number of amides is 2. The Bertz CT molecular complexity index is 976. The Labute approximate surface area is 167 Å². The maximum Gasteiger partial charge on any atom is 0.293 e. The Balaban J connectivity index is 1.81. The third-order valence-corrected chi connectivity index (χ3v) is 5.34. The number of methoxy groups -OCH3 is 1. The van der Waals surface area contributed by atoms with Crippen LogP contribution in [0.15, 0.2) is 51.8 Å². The fourth-order valence-electron chi connectivity index (χ4n) is 2.51. The molecule has 0 radical (unpaired) electrons. The zero-order valence-corrected chi connectivity index (χ0v) is 16.5. The second-order valence-electron chi connectivity index (χ2n) is 5.59. The van der Waals surface area contributed by atoms with Crippen molar-refractivity contribution >= 4 is 50.6 Å². The first-order valence-electron chi connectivity index (χ1n) is 7.71. The molecule has 138 valence electrons. The van der Waals surface area contributed by atoms with Gasteiger partial charge in [-0.25, -0.2) is 0 Å². The van der Waals surface area contributed by atoms with Crippen molar-refractivity contribution in [1.82, 2.24) is 4.90 Å². The molecule has 1 aliphatic rings. The molecular weight excluding hydrogens is 436 g/mol. The average Bonchev–Trinajstić information content (AvgIpc) is 2.89. The molecule has 0 aromatic heterocycles. The molecule has 0 saturated carbocycles. The Hall–Kier alpha value is -2.65. The molecule has 2 amide bonds. The number of non-ortho nitro benzene ring substituents is 1. The van der Waals surface area contributed by atoms with Crippen LogP contribution in [0.5, 0.6) is 5.75 Å². The van der Waals surface area contributed by atoms with Gasteiger partial charge in [0.05, 0.1) is 28.0 Å². The predicted molar refractivity (Wildman–Crippen MR) is 105 cm³/mol. The number of benzene rings is 2. The first kappa shape index (κ1) is 19.1. The highest BCUT2D eigenvalue weighted by Gasteiger charge is 2.35. The van der Waals surface area contributed by atoms with E-state index in [9.17, 15) is 19.7 Å². The lowest BCUT2D eigenvalue weighted by atomic mass is 10.2. The Morgan fingerprint density at radius 1 is 1.26 bits per heavy atom. The van der Waals surface area contributed by atoms with Crippen molar-refractivity contribution in [2.45, 2.75) is 6.54 Å². The van der Waals surface area contributed by atoms with Crippen molar-refractivity contribution in [3.05, 3.63) is 73.1 Å². The molecule has 2 aromatic rings. The predicted octanol–water partition coefficient (Wildman–Crippen LogP) is 4.60. The number of ether oxygens (including phenoxy) is 1. The van der Waals surface area contributed by atoms with E-state index in [-0.39, 0.29) is 12.2 Å². The summed E-state index contributed by atoms with van der Waals surface area (Å²) in [6.07, 6.45) is 1.63. The van der Waals surface area contributed by atoms with E-state index in [0.29, 0.717) is 16.2 Å². The largest absolute Gasteiger partial charge is 0.496 e. The van der Waals surface area contributed by atoms with Crippen LogP contribution in [-0.2, 0) is 11.3 Å². The minimum atomic E-state index is -0.515. The normalized spacial score (nSPS) is 15.5. The van der Waals surface area contributed by atoms with Gasteiger partial charge in [-0.15, -0.1) is 0 Å². The van der Waals surface area contributed by atoms with Gasteiger partial charge in [0.25, 0.3) is 16.8 Å². The van der Waals surface area contributed by atoms with Crippen molar-refractivity contribution < 1.29 is 19.2 Å². The number of imide groups is 1. The molecule has 0 aliphatic carbocycles.